The van der Waals surface area contributed by atoms with Gasteiger partial charge in [-0.15, -0.1) is 0 Å². The summed E-state index contributed by atoms with van der Waals surface area (Å²) < 4.78 is 3.75. The molecule has 84 valence electrons. The predicted molar refractivity (Wildman–Crippen MR) is 34.0 cm³/mol. The third-order valence-corrected chi connectivity index (χ3v) is 5.04. The van der Waals surface area contributed by atoms with Crippen LogP contribution in [0.2, 0.25) is 0 Å². The summed E-state index contributed by atoms with van der Waals surface area (Å²) in [7, 11) is -11.8. The van der Waals surface area contributed by atoms with Gasteiger partial charge in [-0.2, -0.15) is 0 Å². The second kappa shape index (κ2) is 3.92. The van der Waals surface area contributed by atoms with Crippen LogP contribution in [0.4, 0.5) is 0 Å². The van der Waals surface area contributed by atoms with E-state index in [0.717, 1.165) is 0 Å². The molecule has 0 saturated heterocycles. The summed E-state index contributed by atoms with van der Waals surface area (Å²) in [4.78, 5) is 73.1. The molecule has 0 spiro atoms. The summed E-state index contributed by atoms with van der Waals surface area (Å²) in [5.74, 6) is -1.36. The maximum absolute atomic E-state index is 10.5. The normalized spacial score (nSPS) is 14.0. The standard InChI is InChI=1S/C4H10O8P2/c1-3(5)12-4(2,13(6,7)8)14(9,10)11/h1-2H3,(H2,6,7,8)(H2,9,10,11)/p-4. The minimum Gasteiger partial charge on any atom is -0.682 e. The highest BCUT2D eigenvalue weighted by atomic mass is 31.3. The molecule has 0 aromatic carbocycles. The Morgan fingerprint density at radius 2 is 1.36 bits per heavy atom. The van der Waals surface area contributed by atoms with Crippen LogP contribution in [0.25, 0.3) is 0 Å². The van der Waals surface area contributed by atoms with Gasteiger partial charge in [0.15, 0.2) is 0 Å². The first-order chi connectivity index (χ1) is 5.92. The van der Waals surface area contributed by atoms with Crippen molar-refractivity contribution < 1.29 is 38.9 Å². The van der Waals surface area contributed by atoms with Crippen LogP contribution < -0.4 is 29.4 Å². The van der Waals surface area contributed by atoms with Crippen LogP contribution in [0.15, 0.2) is 0 Å². The van der Waals surface area contributed by atoms with E-state index in [9.17, 15) is 34.2 Å². The van der Waals surface area contributed by atoms with Gasteiger partial charge >= 0.3 is 5.97 Å². The van der Waals surface area contributed by atoms with Gasteiger partial charge in [-0.1, -0.05) is 15.9 Å². The summed E-state index contributed by atoms with van der Waals surface area (Å²) >= 11 is 0. The lowest BCUT2D eigenvalue weighted by molar-refractivity contribution is -0.463. The number of ether oxygens (including phenoxy) is 1. The van der Waals surface area contributed by atoms with Gasteiger partial charge in [-0.25, -0.2) is 0 Å². The van der Waals surface area contributed by atoms with Crippen molar-refractivity contribution in [3.63, 3.8) is 0 Å². The van der Waals surface area contributed by atoms with Crippen LogP contribution in [0, 0.1) is 0 Å². The Bertz CT molecular complexity index is 212. The lowest BCUT2D eigenvalue weighted by Gasteiger charge is -2.62. The molecule has 0 aliphatic carbocycles. The first-order valence-corrected chi connectivity index (χ1v) is 6.24. The lowest BCUT2D eigenvalue weighted by atomic mass is 10.7. The molecule has 0 aliphatic rings. The monoisotopic (exact) mass is 244 g/mol. The van der Waals surface area contributed by atoms with Gasteiger partial charge in [0.05, 0.1) is 0 Å². The van der Waals surface area contributed by atoms with Crippen molar-refractivity contribution in [1.29, 1.82) is 0 Å². The largest absolute Gasteiger partial charge is 0.682 e. The molecule has 0 aromatic heterocycles. The molecule has 0 unspecified atom stereocenters. The smallest absolute Gasteiger partial charge is 0.308 e. The quantitative estimate of drug-likeness (QED) is 0.351. The molecule has 0 amide bonds. The average Bonchev–Trinajstić information content (AvgIpc) is 1.79. The van der Waals surface area contributed by atoms with Crippen molar-refractivity contribution in [1.82, 2.24) is 0 Å². The molecule has 0 heterocycles. The molecule has 14 heavy (non-hydrogen) atoms. The van der Waals surface area contributed by atoms with E-state index in [-0.39, 0.29) is 6.92 Å². The van der Waals surface area contributed by atoms with E-state index in [1.165, 1.54) is 0 Å². The summed E-state index contributed by atoms with van der Waals surface area (Å²) in [6, 6.07) is 0. The van der Waals surface area contributed by atoms with Crippen molar-refractivity contribution in [2.75, 3.05) is 0 Å². The molecule has 0 saturated carbocycles. The zero-order valence-corrected chi connectivity index (χ0v) is 8.95. The first-order valence-electron chi connectivity index (χ1n) is 3.16. The van der Waals surface area contributed by atoms with Crippen LogP contribution in [-0.2, 0) is 9.53 Å². The van der Waals surface area contributed by atoms with Gasteiger partial charge < -0.3 is 34.1 Å². The summed E-state index contributed by atoms with van der Waals surface area (Å²) in [5, 5.41) is -3.56. The molecule has 0 N–H and O–H groups in total. The van der Waals surface area contributed by atoms with E-state index < -0.39 is 26.9 Å². The zero-order valence-electron chi connectivity index (χ0n) is 7.16. The minimum atomic E-state index is -5.89. The topological polar surface area (TPSA) is 165 Å². The zero-order chi connectivity index (χ0) is 11.8. The van der Waals surface area contributed by atoms with Gasteiger partial charge in [0.25, 0.3) is 5.08 Å². The van der Waals surface area contributed by atoms with Crippen molar-refractivity contribution >= 4 is 21.9 Å². The van der Waals surface area contributed by atoms with Gasteiger partial charge in [-0.3, -0.25) is 4.79 Å². The van der Waals surface area contributed by atoms with Crippen molar-refractivity contribution in [3.8, 4) is 0 Å². The van der Waals surface area contributed by atoms with Crippen molar-refractivity contribution in [3.05, 3.63) is 0 Å². The lowest BCUT2D eigenvalue weighted by Crippen LogP contribution is -2.59. The van der Waals surface area contributed by atoms with E-state index >= 15 is 0 Å². The molecule has 8 nitrogen and oxygen atoms in total. The maximum Gasteiger partial charge on any atom is 0.308 e. The molecule has 10 heteroatoms. The van der Waals surface area contributed by atoms with Crippen molar-refractivity contribution in [2.45, 2.75) is 18.9 Å². The van der Waals surface area contributed by atoms with Gasteiger partial charge in [0, 0.05) is 13.8 Å². The number of carbonyl (C=O) groups excluding carboxylic acids is 1. The SMILES string of the molecule is CC(=O)OC(C)([P+]([O-])([O-])[O-])[P+]([O-])([O-])[O-]. The molecule has 0 aliphatic heterocycles. The molecule has 0 atom stereocenters. The van der Waals surface area contributed by atoms with Crippen LogP contribution in [0.1, 0.15) is 13.8 Å². The van der Waals surface area contributed by atoms with Gasteiger partial charge in [0.2, 0.25) is 0 Å². The van der Waals surface area contributed by atoms with Gasteiger partial charge in [-0.05, 0) is 0 Å². The van der Waals surface area contributed by atoms with E-state index in [0.29, 0.717) is 6.92 Å². The highest BCUT2D eigenvalue weighted by molar-refractivity contribution is 7.74. The molecular formula is C4H6O8P2-4. The number of hydrogen-bond acceptors (Lipinski definition) is 8. The maximum atomic E-state index is 10.5. The third-order valence-electron chi connectivity index (χ3n) is 1.35. The Balaban J connectivity index is 5.18. The fraction of sp³-hybridized carbons (Fsp3) is 0.750. The van der Waals surface area contributed by atoms with E-state index in [4.69, 9.17) is 0 Å². The summed E-state index contributed by atoms with van der Waals surface area (Å²) in [6.07, 6.45) is 0. The molecule has 0 radical (unpaired) electrons. The minimum absolute atomic E-state index is 0.232. The van der Waals surface area contributed by atoms with Crippen LogP contribution in [0.3, 0.4) is 0 Å². The predicted octanol–water partition coefficient (Wildman–Crippen LogP) is -5.09. The van der Waals surface area contributed by atoms with Crippen LogP contribution in [-0.4, -0.2) is 11.1 Å². The van der Waals surface area contributed by atoms with Crippen LogP contribution in [0.5, 0.6) is 0 Å². The molecular weight excluding hydrogens is 238 g/mol. The molecule has 0 fully saturated rings. The van der Waals surface area contributed by atoms with E-state index in [1.54, 1.807) is 0 Å². The number of hydrogen-bond donors (Lipinski definition) is 0. The molecule has 0 bridgehead atoms. The Kier molecular flexibility index (Phi) is 3.95. The van der Waals surface area contributed by atoms with Gasteiger partial charge in [0.1, 0.15) is 0 Å². The summed E-state index contributed by atoms with van der Waals surface area (Å²) in [5.41, 5.74) is 0. The average molecular weight is 244 g/mol. The Morgan fingerprint density at radius 3 is 1.43 bits per heavy atom. The Hall–Kier alpha value is 0.0900. The fourth-order valence-corrected chi connectivity index (χ4v) is 2.21. The second-order valence-electron chi connectivity index (χ2n) is 2.52. The first kappa shape index (κ1) is 14.1. The Morgan fingerprint density at radius 1 is 1.07 bits per heavy atom. The number of esters is 1. The number of carbonyl (C=O) groups is 1. The fourth-order valence-electron chi connectivity index (χ4n) is 0.534. The Labute approximate surface area is 80.6 Å². The third kappa shape index (κ3) is 2.79. The number of rotatable bonds is 3. The highest BCUT2D eigenvalue weighted by Crippen LogP contribution is 2.65. The van der Waals surface area contributed by atoms with E-state index in [2.05, 4.69) is 4.74 Å². The molecule has 0 aromatic rings. The van der Waals surface area contributed by atoms with Crippen LogP contribution >= 0.6 is 15.9 Å². The highest BCUT2D eigenvalue weighted by Gasteiger charge is 2.45. The summed E-state index contributed by atoms with van der Waals surface area (Å²) in [6.45, 7) is 0.902. The molecule has 0 rings (SSSR count). The van der Waals surface area contributed by atoms with Crippen molar-refractivity contribution in [2.24, 2.45) is 0 Å². The van der Waals surface area contributed by atoms with E-state index in [1.807, 2.05) is 0 Å². The second-order valence-corrected chi connectivity index (χ2v) is 6.57.